The highest BCUT2D eigenvalue weighted by molar-refractivity contribution is 5.79. The molecule has 17 heavy (non-hydrogen) atoms. The molecular formula is C12H13NO4. The molecule has 2 rings (SSSR count). The van der Waals surface area contributed by atoms with E-state index in [2.05, 4.69) is 5.32 Å². The van der Waals surface area contributed by atoms with Crippen LogP contribution < -0.4 is 10.1 Å². The van der Waals surface area contributed by atoms with Crippen LogP contribution >= 0.6 is 0 Å². The molecule has 0 heterocycles. The van der Waals surface area contributed by atoms with Crippen LogP contribution in [0.3, 0.4) is 0 Å². The van der Waals surface area contributed by atoms with Gasteiger partial charge in [-0.3, -0.25) is 4.79 Å². The van der Waals surface area contributed by atoms with E-state index in [0.717, 1.165) is 0 Å². The number of carboxylic acids is 1. The van der Waals surface area contributed by atoms with E-state index in [9.17, 15) is 9.59 Å². The van der Waals surface area contributed by atoms with Crippen molar-refractivity contribution in [3.8, 4) is 5.75 Å². The average molecular weight is 235 g/mol. The maximum atomic E-state index is 11.4. The van der Waals surface area contributed by atoms with Gasteiger partial charge in [0.05, 0.1) is 5.41 Å². The lowest BCUT2D eigenvalue weighted by atomic mass is 10.1. The number of amides is 1. The Bertz CT molecular complexity index is 425. The number of nitrogens with one attached hydrogen (secondary N) is 1. The van der Waals surface area contributed by atoms with Gasteiger partial charge in [0.25, 0.3) is 0 Å². The molecule has 1 aliphatic carbocycles. The molecule has 90 valence electrons. The fourth-order valence-electron chi connectivity index (χ4n) is 1.49. The Morgan fingerprint density at radius 2 is 1.94 bits per heavy atom. The van der Waals surface area contributed by atoms with Crippen LogP contribution in [0.15, 0.2) is 30.3 Å². The van der Waals surface area contributed by atoms with Crippen molar-refractivity contribution in [1.29, 1.82) is 0 Å². The van der Waals surface area contributed by atoms with Gasteiger partial charge in [0.2, 0.25) is 0 Å². The number of carboxylic acid groups (broad SMARTS) is 1. The van der Waals surface area contributed by atoms with Crippen molar-refractivity contribution >= 4 is 12.1 Å². The number of carbonyl (C=O) groups excluding carboxylic acids is 1. The van der Waals surface area contributed by atoms with Crippen LogP contribution in [0.4, 0.5) is 4.79 Å². The van der Waals surface area contributed by atoms with Gasteiger partial charge in [-0.25, -0.2) is 4.79 Å². The first-order chi connectivity index (χ1) is 8.12. The molecule has 0 spiro atoms. The summed E-state index contributed by atoms with van der Waals surface area (Å²) >= 11 is 0. The summed E-state index contributed by atoms with van der Waals surface area (Å²) in [5.74, 6) is -0.428. The number of hydrogen-bond acceptors (Lipinski definition) is 3. The molecule has 0 radical (unpaired) electrons. The van der Waals surface area contributed by atoms with Crippen molar-refractivity contribution in [1.82, 2.24) is 5.32 Å². The van der Waals surface area contributed by atoms with Gasteiger partial charge in [0.1, 0.15) is 5.75 Å². The lowest BCUT2D eigenvalue weighted by molar-refractivity contribution is -0.143. The smallest absolute Gasteiger partial charge is 0.412 e. The summed E-state index contributed by atoms with van der Waals surface area (Å²) in [6.45, 7) is 0.119. The largest absolute Gasteiger partial charge is 0.481 e. The summed E-state index contributed by atoms with van der Waals surface area (Å²) in [6, 6.07) is 8.63. The van der Waals surface area contributed by atoms with Crippen LogP contribution in [-0.2, 0) is 4.79 Å². The average Bonchev–Trinajstić information content (AvgIpc) is 3.09. The minimum atomic E-state index is -0.863. The van der Waals surface area contributed by atoms with E-state index in [0.29, 0.717) is 18.6 Å². The van der Waals surface area contributed by atoms with Crippen LogP contribution in [0, 0.1) is 5.41 Å². The molecule has 0 aromatic heterocycles. The number of aliphatic carboxylic acids is 1. The number of para-hydroxylation sites is 1. The van der Waals surface area contributed by atoms with E-state index in [1.807, 2.05) is 6.07 Å². The van der Waals surface area contributed by atoms with Crippen molar-refractivity contribution in [2.75, 3.05) is 6.54 Å². The summed E-state index contributed by atoms with van der Waals surface area (Å²) in [4.78, 5) is 22.2. The number of benzene rings is 1. The lowest BCUT2D eigenvalue weighted by Crippen LogP contribution is -2.35. The maximum Gasteiger partial charge on any atom is 0.412 e. The third kappa shape index (κ3) is 2.75. The topological polar surface area (TPSA) is 75.6 Å². The number of rotatable bonds is 4. The normalized spacial score (nSPS) is 16.0. The van der Waals surface area contributed by atoms with Gasteiger partial charge < -0.3 is 15.2 Å². The van der Waals surface area contributed by atoms with Gasteiger partial charge in [-0.2, -0.15) is 0 Å². The zero-order chi connectivity index (χ0) is 12.3. The Kier molecular flexibility index (Phi) is 2.99. The Morgan fingerprint density at radius 3 is 2.47 bits per heavy atom. The zero-order valence-corrected chi connectivity index (χ0v) is 9.18. The number of ether oxygens (including phenoxy) is 1. The van der Waals surface area contributed by atoms with Crippen LogP contribution in [0.5, 0.6) is 5.75 Å². The van der Waals surface area contributed by atoms with Gasteiger partial charge in [0.15, 0.2) is 0 Å². The van der Waals surface area contributed by atoms with E-state index in [1.165, 1.54) is 0 Å². The van der Waals surface area contributed by atoms with Gasteiger partial charge in [-0.05, 0) is 25.0 Å². The van der Waals surface area contributed by atoms with Crippen LogP contribution in [0.1, 0.15) is 12.8 Å². The molecule has 2 N–H and O–H groups in total. The summed E-state index contributed by atoms with van der Waals surface area (Å²) in [6.07, 6.45) is 0.589. The summed E-state index contributed by atoms with van der Waals surface area (Å²) in [5.41, 5.74) is -0.768. The predicted molar refractivity (Wildman–Crippen MR) is 59.8 cm³/mol. The molecule has 5 nitrogen and oxygen atoms in total. The fourth-order valence-corrected chi connectivity index (χ4v) is 1.49. The molecular weight excluding hydrogens is 222 g/mol. The highest BCUT2D eigenvalue weighted by Crippen LogP contribution is 2.45. The minimum Gasteiger partial charge on any atom is -0.481 e. The molecule has 1 aliphatic rings. The van der Waals surface area contributed by atoms with E-state index in [-0.39, 0.29) is 6.54 Å². The Labute approximate surface area is 98.4 Å². The first-order valence-corrected chi connectivity index (χ1v) is 5.37. The third-order valence-corrected chi connectivity index (χ3v) is 2.83. The highest BCUT2D eigenvalue weighted by atomic mass is 16.6. The monoisotopic (exact) mass is 235 g/mol. The highest BCUT2D eigenvalue weighted by Gasteiger charge is 2.50. The Balaban J connectivity index is 1.81. The minimum absolute atomic E-state index is 0.119. The molecule has 0 unspecified atom stereocenters. The molecule has 1 amide bonds. The molecule has 1 fully saturated rings. The molecule has 1 aromatic rings. The van der Waals surface area contributed by atoms with Crippen molar-refractivity contribution in [3.63, 3.8) is 0 Å². The summed E-state index contributed by atoms with van der Waals surface area (Å²) < 4.78 is 4.97. The van der Waals surface area contributed by atoms with Gasteiger partial charge in [-0.15, -0.1) is 0 Å². The van der Waals surface area contributed by atoms with Crippen molar-refractivity contribution < 1.29 is 19.4 Å². The first kappa shape index (κ1) is 11.4. The zero-order valence-electron chi connectivity index (χ0n) is 9.18. The fraction of sp³-hybridized carbons (Fsp3) is 0.333. The van der Waals surface area contributed by atoms with E-state index in [4.69, 9.17) is 9.84 Å². The molecule has 1 aromatic carbocycles. The second-order valence-electron chi connectivity index (χ2n) is 4.14. The number of hydrogen-bond donors (Lipinski definition) is 2. The Hall–Kier alpha value is -2.04. The van der Waals surface area contributed by atoms with Crippen molar-refractivity contribution in [2.24, 2.45) is 5.41 Å². The SMILES string of the molecule is O=C(NCC1(C(=O)O)CC1)Oc1ccccc1. The van der Waals surface area contributed by atoms with Crippen LogP contribution in [0.2, 0.25) is 0 Å². The second kappa shape index (κ2) is 4.45. The third-order valence-electron chi connectivity index (χ3n) is 2.83. The Morgan fingerprint density at radius 1 is 1.29 bits per heavy atom. The maximum absolute atomic E-state index is 11.4. The van der Waals surface area contributed by atoms with E-state index < -0.39 is 17.5 Å². The predicted octanol–water partition coefficient (Wildman–Crippen LogP) is 1.64. The molecule has 0 saturated heterocycles. The van der Waals surface area contributed by atoms with E-state index >= 15 is 0 Å². The standard InChI is InChI=1S/C12H13NO4/c14-10(15)12(6-7-12)8-13-11(16)17-9-4-2-1-3-5-9/h1-5H,6-8H2,(H,13,16)(H,14,15). The van der Waals surface area contributed by atoms with E-state index in [1.54, 1.807) is 24.3 Å². The second-order valence-corrected chi connectivity index (χ2v) is 4.14. The van der Waals surface area contributed by atoms with Crippen molar-refractivity contribution in [2.45, 2.75) is 12.8 Å². The van der Waals surface area contributed by atoms with Gasteiger partial charge >= 0.3 is 12.1 Å². The number of carbonyl (C=O) groups is 2. The molecule has 1 saturated carbocycles. The summed E-state index contributed by atoms with van der Waals surface area (Å²) in [7, 11) is 0. The van der Waals surface area contributed by atoms with Crippen molar-refractivity contribution in [3.05, 3.63) is 30.3 Å². The quantitative estimate of drug-likeness (QED) is 0.831. The van der Waals surface area contributed by atoms with Crippen LogP contribution in [0.25, 0.3) is 0 Å². The summed E-state index contributed by atoms with van der Waals surface area (Å²) in [5, 5.41) is 11.4. The lowest BCUT2D eigenvalue weighted by Gasteiger charge is -2.11. The van der Waals surface area contributed by atoms with Gasteiger partial charge in [0, 0.05) is 6.54 Å². The molecule has 0 atom stereocenters. The molecule has 5 heteroatoms. The first-order valence-electron chi connectivity index (χ1n) is 5.37. The van der Waals surface area contributed by atoms with Gasteiger partial charge in [-0.1, -0.05) is 18.2 Å². The van der Waals surface area contributed by atoms with Crippen LogP contribution in [-0.4, -0.2) is 23.7 Å². The molecule has 0 aliphatic heterocycles. The molecule has 0 bridgehead atoms.